The number of amides is 2. The number of carbonyl (C=O) groups is 3. The minimum atomic E-state index is -1.01. The highest BCUT2D eigenvalue weighted by Gasteiger charge is 2.30. The number of likely N-dealkylation sites (N-methyl/N-ethyl adjacent to an activating group) is 1. The van der Waals surface area contributed by atoms with Crippen molar-refractivity contribution < 1.29 is 24.2 Å². The normalized spacial score (nSPS) is 14.2. The number of benzene rings is 2. The Morgan fingerprint density at radius 1 is 1.00 bits per heavy atom. The first-order valence-electron chi connectivity index (χ1n) is 10.5. The Hall–Kier alpha value is -3.39. The van der Waals surface area contributed by atoms with Gasteiger partial charge >= 0.3 is 12.1 Å². The molecule has 1 aliphatic rings. The Morgan fingerprint density at radius 3 is 2.09 bits per heavy atom. The lowest BCUT2D eigenvalue weighted by Gasteiger charge is -2.23. The van der Waals surface area contributed by atoms with Crippen molar-refractivity contribution in [3.63, 3.8) is 0 Å². The number of aliphatic carboxylic acids is 1. The quantitative estimate of drug-likeness (QED) is 0.554. The third-order valence-corrected chi connectivity index (χ3v) is 5.37. The molecule has 2 atom stereocenters. The van der Waals surface area contributed by atoms with Crippen LogP contribution in [0.3, 0.4) is 0 Å². The average molecular weight is 440 g/mol. The van der Waals surface area contributed by atoms with E-state index >= 15 is 0 Å². The van der Waals surface area contributed by atoms with Crippen molar-refractivity contribution in [1.82, 2.24) is 15.5 Å². The van der Waals surface area contributed by atoms with Crippen molar-refractivity contribution in [1.29, 1.82) is 0 Å². The smallest absolute Gasteiger partial charge is 0.407 e. The summed E-state index contributed by atoms with van der Waals surface area (Å²) < 4.78 is 5.53. The molecule has 1 unspecified atom stereocenters. The van der Waals surface area contributed by atoms with Gasteiger partial charge in [0.25, 0.3) is 0 Å². The van der Waals surface area contributed by atoms with Gasteiger partial charge in [-0.2, -0.15) is 0 Å². The van der Waals surface area contributed by atoms with Gasteiger partial charge in [0.05, 0.1) is 6.42 Å². The van der Waals surface area contributed by atoms with E-state index in [0.717, 1.165) is 22.3 Å². The second-order valence-electron chi connectivity index (χ2n) is 8.29. The molecule has 0 saturated carbocycles. The maximum Gasteiger partial charge on any atom is 0.407 e. The highest BCUT2D eigenvalue weighted by molar-refractivity contribution is 5.86. The Balaban J connectivity index is 1.64. The first-order chi connectivity index (χ1) is 15.3. The van der Waals surface area contributed by atoms with Gasteiger partial charge in [-0.3, -0.25) is 9.59 Å². The molecule has 2 amide bonds. The van der Waals surface area contributed by atoms with Crippen LogP contribution in [0.5, 0.6) is 0 Å². The molecule has 0 heterocycles. The molecule has 2 aromatic carbocycles. The van der Waals surface area contributed by atoms with Gasteiger partial charge < -0.3 is 25.4 Å². The molecule has 8 heteroatoms. The Labute approximate surface area is 187 Å². The van der Waals surface area contributed by atoms with E-state index in [2.05, 4.69) is 22.8 Å². The number of nitrogens with zero attached hydrogens (tertiary/aromatic N) is 1. The van der Waals surface area contributed by atoms with E-state index in [1.165, 1.54) is 0 Å². The molecule has 170 valence electrons. The van der Waals surface area contributed by atoms with E-state index in [-0.39, 0.29) is 25.5 Å². The van der Waals surface area contributed by atoms with Crippen LogP contribution in [0.1, 0.15) is 30.4 Å². The number of hydrogen-bond acceptors (Lipinski definition) is 5. The number of fused-ring (bicyclic) bond motifs is 3. The largest absolute Gasteiger partial charge is 0.481 e. The summed E-state index contributed by atoms with van der Waals surface area (Å²) >= 11 is 0. The third-order valence-electron chi connectivity index (χ3n) is 5.37. The summed E-state index contributed by atoms with van der Waals surface area (Å²) in [4.78, 5) is 37.8. The second kappa shape index (κ2) is 10.3. The van der Waals surface area contributed by atoms with Crippen LogP contribution in [0.4, 0.5) is 4.79 Å². The summed E-state index contributed by atoms with van der Waals surface area (Å²) in [7, 11) is 3.56. The standard InChI is InChI=1S/C24H29N3O5/c1-15(12-22(28)29)25-23(30)21(13-27(2)3)26-24(31)32-14-20-18-10-6-4-8-16(18)17-9-5-7-11-19(17)20/h4-11,15,20-21H,12-14H2,1-3H3,(H,25,30)(H,26,31)(H,28,29)/t15-,21?/m0/s1. The zero-order valence-electron chi connectivity index (χ0n) is 18.5. The molecular formula is C24H29N3O5. The van der Waals surface area contributed by atoms with Crippen molar-refractivity contribution in [2.75, 3.05) is 27.2 Å². The number of alkyl carbamates (subject to hydrolysis) is 1. The summed E-state index contributed by atoms with van der Waals surface area (Å²) in [5.41, 5.74) is 4.47. The third kappa shape index (κ3) is 5.64. The monoisotopic (exact) mass is 439 g/mol. The van der Waals surface area contributed by atoms with Crippen molar-refractivity contribution in [2.45, 2.75) is 31.3 Å². The van der Waals surface area contributed by atoms with Crippen molar-refractivity contribution in [2.24, 2.45) is 0 Å². The van der Waals surface area contributed by atoms with E-state index in [1.807, 2.05) is 36.4 Å². The fourth-order valence-electron chi connectivity index (χ4n) is 4.00. The maximum atomic E-state index is 12.6. The molecule has 0 aromatic heterocycles. The summed E-state index contributed by atoms with van der Waals surface area (Å²) in [6, 6.07) is 14.7. The highest BCUT2D eigenvalue weighted by atomic mass is 16.5. The molecule has 0 aliphatic heterocycles. The summed E-state index contributed by atoms with van der Waals surface area (Å²) in [5, 5.41) is 14.1. The van der Waals surface area contributed by atoms with Crippen LogP contribution >= 0.6 is 0 Å². The van der Waals surface area contributed by atoms with Crippen LogP contribution in [-0.2, 0) is 14.3 Å². The minimum absolute atomic E-state index is 0.0788. The molecule has 0 spiro atoms. The first kappa shape index (κ1) is 23.3. The molecule has 3 N–H and O–H groups in total. The van der Waals surface area contributed by atoms with Gasteiger partial charge in [-0.15, -0.1) is 0 Å². The summed E-state index contributed by atoms with van der Waals surface area (Å²) in [6.45, 7) is 1.99. The lowest BCUT2D eigenvalue weighted by Crippen LogP contribution is -2.53. The van der Waals surface area contributed by atoms with Gasteiger partial charge in [-0.05, 0) is 43.3 Å². The SMILES string of the molecule is C[C@@H](CC(=O)O)NC(=O)C(CN(C)C)NC(=O)OCC1c2ccccc2-c2ccccc21. The van der Waals surface area contributed by atoms with Gasteiger partial charge in [0.2, 0.25) is 5.91 Å². The molecule has 0 fully saturated rings. The fourth-order valence-corrected chi connectivity index (χ4v) is 4.00. The van der Waals surface area contributed by atoms with Crippen LogP contribution in [0, 0.1) is 0 Å². The Bertz CT molecular complexity index is 946. The first-order valence-corrected chi connectivity index (χ1v) is 10.5. The molecule has 0 saturated heterocycles. The Morgan fingerprint density at radius 2 is 1.56 bits per heavy atom. The molecule has 32 heavy (non-hydrogen) atoms. The lowest BCUT2D eigenvalue weighted by molar-refractivity contribution is -0.137. The predicted molar refractivity (Wildman–Crippen MR) is 120 cm³/mol. The lowest BCUT2D eigenvalue weighted by atomic mass is 9.98. The van der Waals surface area contributed by atoms with Crippen molar-refractivity contribution in [3.8, 4) is 11.1 Å². The number of carbonyl (C=O) groups excluding carboxylic acids is 2. The van der Waals surface area contributed by atoms with Crippen LogP contribution in [-0.4, -0.2) is 67.3 Å². The number of hydrogen-bond donors (Lipinski definition) is 3. The number of carboxylic acids is 1. The zero-order valence-corrected chi connectivity index (χ0v) is 18.5. The Kier molecular flexibility index (Phi) is 7.48. The molecule has 0 bridgehead atoms. The molecular weight excluding hydrogens is 410 g/mol. The van der Waals surface area contributed by atoms with E-state index in [4.69, 9.17) is 9.84 Å². The topological polar surface area (TPSA) is 108 Å². The van der Waals surface area contributed by atoms with E-state index < -0.39 is 30.1 Å². The van der Waals surface area contributed by atoms with E-state index in [9.17, 15) is 14.4 Å². The zero-order chi connectivity index (χ0) is 23.3. The van der Waals surface area contributed by atoms with Crippen LogP contribution in [0.25, 0.3) is 11.1 Å². The molecule has 2 aromatic rings. The molecule has 1 aliphatic carbocycles. The summed E-state index contributed by atoms with van der Waals surface area (Å²) in [5.74, 6) is -1.54. The highest BCUT2D eigenvalue weighted by Crippen LogP contribution is 2.44. The van der Waals surface area contributed by atoms with Crippen LogP contribution in [0.2, 0.25) is 0 Å². The van der Waals surface area contributed by atoms with Gasteiger partial charge in [-0.25, -0.2) is 4.79 Å². The molecule has 0 radical (unpaired) electrons. The van der Waals surface area contributed by atoms with Gasteiger partial charge in [-0.1, -0.05) is 48.5 Å². The predicted octanol–water partition coefficient (Wildman–Crippen LogP) is 2.43. The van der Waals surface area contributed by atoms with E-state index in [1.54, 1.807) is 25.9 Å². The number of nitrogens with one attached hydrogen (secondary N) is 2. The molecule has 3 rings (SSSR count). The van der Waals surface area contributed by atoms with Crippen LogP contribution < -0.4 is 10.6 Å². The van der Waals surface area contributed by atoms with Crippen molar-refractivity contribution >= 4 is 18.0 Å². The van der Waals surface area contributed by atoms with E-state index in [0.29, 0.717) is 0 Å². The van der Waals surface area contributed by atoms with Crippen molar-refractivity contribution in [3.05, 3.63) is 59.7 Å². The average Bonchev–Trinajstić information content (AvgIpc) is 3.04. The number of carboxylic acid groups (broad SMARTS) is 1. The second-order valence-corrected chi connectivity index (χ2v) is 8.29. The van der Waals surface area contributed by atoms with Gasteiger partial charge in [0, 0.05) is 18.5 Å². The maximum absolute atomic E-state index is 12.6. The van der Waals surface area contributed by atoms with Crippen LogP contribution in [0.15, 0.2) is 48.5 Å². The fraction of sp³-hybridized carbons (Fsp3) is 0.375. The minimum Gasteiger partial charge on any atom is -0.481 e. The molecule has 8 nitrogen and oxygen atoms in total. The number of ether oxygens (including phenoxy) is 1. The number of rotatable bonds is 9. The van der Waals surface area contributed by atoms with Gasteiger partial charge in [0.1, 0.15) is 12.6 Å². The van der Waals surface area contributed by atoms with Gasteiger partial charge in [0.15, 0.2) is 0 Å². The summed E-state index contributed by atoms with van der Waals surface area (Å²) in [6.07, 6.45) is -0.898.